The molecule has 37 heavy (non-hydrogen) atoms. The Morgan fingerprint density at radius 1 is 1.05 bits per heavy atom. The number of benzene rings is 2. The van der Waals surface area contributed by atoms with E-state index in [0.717, 1.165) is 18.2 Å². The molecule has 2 aromatic carbocycles. The lowest BCUT2D eigenvalue weighted by Gasteiger charge is -2.20. The van der Waals surface area contributed by atoms with Crippen molar-refractivity contribution in [3.8, 4) is 17.4 Å². The number of carbonyl (C=O) groups is 3. The first-order chi connectivity index (χ1) is 17.7. The summed E-state index contributed by atoms with van der Waals surface area (Å²) in [5.41, 5.74) is -0.188. The number of nitro benzene ring substituents is 1. The van der Waals surface area contributed by atoms with Gasteiger partial charge in [0, 0.05) is 29.8 Å². The van der Waals surface area contributed by atoms with Crippen LogP contribution in [0.1, 0.15) is 35.6 Å². The van der Waals surface area contributed by atoms with Crippen LogP contribution < -0.4 is 9.47 Å². The van der Waals surface area contributed by atoms with Crippen LogP contribution in [0, 0.1) is 10.1 Å². The summed E-state index contributed by atoms with van der Waals surface area (Å²) in [6, 6.07) is 9.96. The van der Waals surface area contributed by atoms with Crippen molar-refractivity contribution in [3.05, 3.63) is 86.7 Å². The number of non-ortho nitro benzene ring substituents is 1. The SMILES string of the molecule is CCN(CC)Cc1nc2c(n1-c1ccc([N+](=O)[O-])cc1C(=O)c1ccccc1Cl)OC(=O)/C=C/C(=O)O2. The Kier molecular flexibility index (Phi) is 7.46. The molecule has 1 aliphatic rings. The van der Waals surface area contributed by atoms with E-state index < -0.39 is 22.6 Å². The molecule has 0 radical (unpaired) electrons. The third-order valence-corrected chi connectivity index (χ3v) is 6.01. The predicted octanol–water partition coefficient (Wildman–Crippen LogP) is 3.89. The first-order valence-corrected chi connectivity index (χ1v) is 11.6. The molecule has 0 atom stereocenters. The van der Waals surface area contributed by atoms with Crippen LogP contribution in [-0.4, -0.2) is 50.2 Å². The van der Waals surface area contributed by atoms with Gasteiger partial charge < -0.3 is 9.47 Å². The van der Waals surface area contributed by atoms with Crippen LogP contribution in [-0.2, 0) is 16.1 Å². The predicted molar refractivity (Wildman–Crippen MR) is 132 cm³/mol. The van der Waals surface area contributed by atoms with Crippen LogP contribution in [0.25, 0.3) is 5.69 Å². The van der Waals surface area contributed by atoms with E-state index >= 15 is 0 Å². The Morgan fingerprint density at radius 3 is 2.38 bits per heavy atom. The Hall–Kier alpha value is -4.35. The molecule has 1 aromatic heterocycles. The number of imidazole rings is 1. The summed E-state index contributed by atoms with van der Waals surface area (Å²) in [4.78, 5) is 55.5. The molecule has 4 rings (SSSR count). The standard InChI is InChI=1S/C25H21ClN4O7/c1-3-28(4-2)14-20-27-24-25(37-22(32)12-11-21(31)36-24)29(20)19-10-9-15(30(34)35)13-17(19)23(33)16-7-5-6-8-18(16)26/h5-13H,3-4,14H2,1-2H3/b12-11+. The molecule has 0 N–H and O–H groups in total. The first-order valence-electron chi connectivity index (χ1n) is 11.3. The molecular formula is C25H21ClN4O7. The van der Waals surface area contributed by atoms with Crippen molar-refractivity contribution in [2.45, 2.75) is 20.4 Å². The van der Waals surface area contributed by atoms with E-state index in [1.807, 2.05) is 18.7 Å². The normalized spacial score (nSPS) is 13.8. The third kappa shape index (κ3) is 5.27. The van der Waals surface area contributed by atoms with Crippen molar-refractivity contribution >= 4 is 35.0 Å². The lowest BCUT2D eigenvalue weighted by atomic mass is 10.0. The largest absolute Gasteiger partial charge is 0.400 e. The monoisotopic (exact) mass is 524 g/mol. The highest BCUT2D eigenvalue weighted by Gasteiger charge is 2.30. The molecule has 0 saturated carbocycles. The summed E-state index contributed by atoms with van der Waals surface area (Å²) in [5, 5.41) is 11.7. The van der Waals surface area contributed by atoms with Crippen LogP contribution in [0.5, 0.6) is 11.8 Å². The molecule has 0 spiro atoms. The van der Waals surface area contributed by atoms with Crippen LogP contribution >= 0.6 is 11.6 Å². The Bertz CT molecular complexity index is 1440. The van der Waals surface area contributed by atoms with E-state index in [1.54, 1.807) is 12.1 Å². The number of fused-ring (bicyclic) bond motifs is 1. The molecule has 0 bridgehead atoms. The highest BCUT2D eigenvalue weighted by molar-refractivity contribution is 6.35. The zero-order valence-electron chi connectivity index (χ0n) is 19.8. The topological polar surface area (TPSA) is 134 Å². The van der Waals surface area contributed by atoms with E-state index in [9.17, 15) is 24.5 Å². The average Bonchev–Trinajstić information content (AvgIpc) is 3.19. The van der Waals surface area contributed by atoms with Crippen molar-refractivity contribution in [1.82, 2.24) is 14.5 Å². The molecule has 0 fully saturated rings. The molecule has 0 saturated heterocycles. The minimum atomic E-state index is -0.866. The van der Waals surface area contributed by atoms with Crippen molar-refractivity contribution < 1.29 is 28.8 Å². The maximum atomic E-state index is 13.7. The number of hydrogen-bond acceptors (Lipinski definition) is 9. The Labute approximate surface area is 216 Å². The van der Waals surface area contributed by atoms with Gasteiger partial charge in [0.25, 0.3) is 17.4 Å². The maximum absolute atomic E-state index is 13.7. The van der Waals surface area contributed by atoms with Gasteiger partial charge in [-0.2, -0.15) is 4.98 Å². The summed E-state index contributed by atoms with van der Waals surface area (Å²) in [6.07, 6.45) is 1.81. The van der Waals surface area contributed by atoms with E-state index in [1.165, 1.54) is 28.8 Å². The lowest BCUT2D eigenvalue weighted by Crippen LogP contribution is -2.24. The van der Waals surface area contributed by atoms with Crippen molar-refractivity contribution in [2.24, 2.45) is 0 Å². The van der Waals surface area contributed by atoms with Gasteiger partial charge in [0.05, 0.1) is 27.7 Å². The fourth-order valence-corrected chi connectivity index (χ4v) is 4.01. The van der Waals surface area contributed by atoms with E-state index in [4.69, 9.17) is 21.1 Å². The molecule has 1 aliphatic heterocycles. The van der Waals surface area contributed by atoms with E-state index in [0.29, 0.717) is 13.1 Å². The van der Waals surface area contributed by atoms with Crippen molar-refractivity contribution in [2.75, 3.05) is 13.1 Å². The van der Waals surface area contributed by atoms with Gasteiger partial charge in [0.1, 0.15) is 5.82 Å². The fraction of sp³-hybridized carbons (Fsp3) is 0.200. The highest BCUT2D eigenvalue weighted by Crippen LogP contribution is 2.36. The Morgan fingerprint density at radius 2 is 1.73 bits per heavy atom. The molecule has 190 valence electrons. The summed E-state index contributed by atoms with van der Waals surface area (Å²) >= 11 is 6.26. The highest BCUT2D eigenvalue weighted by atomic mass is 35.5. The van der Waals surface area contributed by atoms with Crippen LogP contribution in [0.2, 0.25) is 5.02 Å². The number of halogens is 1. The lowest BCUT2D eigenvalue weighted by molar-refractivity contribution is -0.384. The zero-order chi connectivity index (χ0) is 26.7. The molecule has 3 aromatic rings. The van der Waals surface area contributed by atoms with E-state index in [2.05, 4.69) is 4.98 Å². The summed E-state index contributed by atoms with van der Waals surface area (Å²) in [6.45, 7) is 5.38. The average molecular weight is 525 g/mol. The van der Waals surface area contributed by atoms with Gasteiger partial charge in [-0.3, -0.25) is 24.4 Å². The molecular weight excluding hydrogens is 504 g/mol. The number of nitrogens with zero attached hydrogens (tertiary/aromatic N) is 4. The maximum Gasteiger partial charge on any atom is 0.337 e. The number of rotatable bonds is 8. The fourth-order valence-electron chi connectivity index (χ4n) is 3.78. The van der Waals surface area contributed by atoms with Crippen LogP contribution in [0.15, 0.2) is 54.6 Å². The van der Waals surface area contributed by atoms with Crippen molar-refractivity contribution in [1.29, 1.82) is 0 Å². The first kappa shape index (κ1) is 25.7. The van der Waals surface area contributed by atoms with Gasteiger partial charge in [0.15, 0.2) is 5.78 Å². The van der Waals surface area contributed by atoms with Crippen LogP contribution in [0.3, 0.4) is 0 Å². The molecule has 0 amide bonds. The molecule has 0 unspecified atom stereocenters. The van der Waals surface area contributed by atoms with Gasteiger partial charge >= 0.3 is 11.9 Å². The second-order valence-electron chi connectivity index (χ2n) is 7.88. The minimum Gasteiger partial charge on any atom is -0.400 e. The summed E-state index contributed by atoms with van der Waals surface area (Å²) in [5.74, 6) is -2.55. The van der Waals surface area contributed by atoms with Gasteiger partial charge in [0.2, 0.25) is 0 Å². The second kappa shape index (κ2) is 10.7. The molecule has 0 aliphatic carbocycles. The summed E-state index contributed by atoms with van der Waals surface area (Å²) < 4.78 is 12.1. The number of hydrogen-bond donors (Lipinski definition) is 0. The number of ether oxygens (including phenoxy) is 2. The van der Waals surface area contributed by atoms with Crippen molar-refractivity contribution in [3.63, 3.8) is 0 Å². The van der Waals surface area contributed by atoms with Gasteiger partial charge in [-0.1, -0.05) is 37.6 Å². The summed E-state index contributed by atoms with van der Waals surface area (Å²) in [7, 11) is 0. The van der Waals surface area contributed by atoms with Gasteiger partial charge in [-0.25, -0.2) is 9.59 Å². The number of nitro groups is 1. The quantitative estimate of drug-likeness (QED) is 0.186. The molecule has 12 heteroatoms. The van der Waals surface area contributed by atoms with E-state index in [-0.39, 0.29) is 51.7 Å². The smallest absolute Gasteiger partial charge is 0.337 e. The van der Waals surface area contributed by atoms with Gasteiger partial charge in [-0.05, 0) is 31.3 Å². The number of aromatic nitrogens is 2. The van der Waals surface area contributed by atoms with Gasteiger partial charge in [-0.15, -0.1) is 0 Å². The second-order valence-corrected chi connectivity index (χ2v) is 8.29. The number of carbonyl (C=O) groups excluding carboxylic acids is 3. The minimum absolute atomic E-state index is 0.0942. The third-order valence-electron chi connectivity index (χ3n) is 5.68. The molecule has 11 nitrogen and oxygen atoms in total. The number of ketones is 1. The Balaban J connectivity index is 2.00. The van der Waals surface area contributed by atoms with Crippen LogP contribution in [0.4, 0.5) is 5.69 Å². The zero-order valence-corrected chi connectivity index (χ0v) is 20.6. The molecule has 2 heterocycles. The number of esters is 2.